The first kappa shape index (κ1) is 16.6. The number of nitrogens with one attached hydrogen (secondary N) is 2. The lowest BCUT2D eigenvalue weighted by Crippen LogP contribution is -2.45. The van der Waals surface area contributed by atoms with Crippen LogP contribution in [0.25, 0.3) is 0 Å². The summed E-state index contributed by atoms with van der Waals surface area (Å²) in [7, 11) is 1.52. The summed E-state index contributed by atoms with van der Waals surface area (Å²) in [6.07, 6.45) is 1.06. The first-order valence-corrected chi connectivity index (χ1v) is 8.04. The first-order valence-electron chi connectivity index (χ1n) is 7.67. The molecule has 0 unspecified atom stereocenters. The van der Waals surface area contributed by atoms with Gasteiger partial charge in [0.1, 0.15) is 5.75 Å². The van der Waals surface area contributed by atoms with Gasteiger partial charge in [-0.3, -0.25) is 0 Å². The standard InChI is InChI=1S/C18H19ClN2O3/c1-24-16-7-6-14(19)8-15(16)21-17(22)20-11-18(23)9-12-4-2-3-5-13(12)10-18/h2-8,23H,9-11H2,1H3,(H2,20,21,22). The number of rotatable bonds is 4. The van der Waals surface area contributed by atoms with Gasteiger partial charge in [0.2, 0.25) is 0 Å². The fourth-order valence-electron chi connectivity index (χ4n) is 2.99. The van der Waals surface area contributed by atoms with Crippen LogP contribution in [-0.4, -0.2) is 30.4 Å². The smallest absolute Gasteiger partial charge is 0.319 e. The molecule has 0 spiro atoms. The van der Waals surface area contributed by atoms with E-state index < -0.39 is 11.6 Å². The van der Waals surface area contributed by atoms with Crippen LogP contribution in [0.3, 0.4) is 0 Å². The van der Waals surface area contributed by atoms with Crippen LogP contribution in [0.4, 0.5) is 10.5 Å². The zero-order chi connectivity index (χ0) is 17.2. The van der Waals surface area contributed by atoms with Crippen molar-refractivity contribution in [3.63, 3.8) is 0 Å². The number of carbonyl (C=O) groups is 1. The average molecular weight is 347 g/mol. The molecule has 0 heterocycles. The third-order valence-electron chi connectivity index (χ3n) is 4.15. The van der Waals surface area contributed by atoms with Crippen LogP contribution >= 0.6 is 11.6 Å². The summed E-state index contributed by atoms with van der Waals surface area (Å²) in [6, 6.07) is 12.5. The van der Waals surface area contributed by atoms with Crippen LogP contribution in [0.15, 0.2) is 42.5 Å². The number of methoxy groups -OCH3 is 1. The van der Waals surface area contributed by atoms with E-state index in [-0.39, 0.29) is 6.54 Å². The topological polar surface area (TPSA) is 70.6 Å². The van der Waals surface area contributed by atoms with Crippen molar-refractivity contribution in [1.82, 2.24) is 5.32 Å². The van der Waals surface area contributed by atoms with E-state index in [4.69, 9.17) is 16.3 Å². The minimum atomic E-state index is -0.959. The van der Waals surface area contributed by atoms with Crippen molar-refractivity contribution < 1.29 is 14.6 Å². The molecule has 0 saturated heterocycles. The van der Waals surface area contributed by atoms with Gasteiger partial charge in [-0.05, 0) is 29.3 Å². The molecule has 3 rings (SSSR count). The summed E-state index contributed by atoms with van der Waals surface area (Å²) in [4.78, 5) is 12.1. The van der Waals surface area contributed by atoms with Crippen LogP contribution in [0.5, 0.6) is 5.75 Å². The number of halogens is 1. The Morgan fingerprint density at radius 1 is 1.25 bits per heavy atom. The van der Waals surface area contributed by atoms with Crippen LogP contribution < -0.4 is 15.4 Å². The number of anilines is 1. The quantitative estimate of drug-likeness (QED) is 0.797. The Bertz CT molecular complexity index is 739. The van der Waals surface area contributed by atoms with E-state index in [1.807, 2.05) is 24.3 Å². The SMILES string of the molecule is COc1ccc(Cl)cc1NC(=O)NCC1(O)Cc2ccccc2C1. The van der Waals surface area contributed by atoms with Gasteiger partial charge in [-0.15, -0.1) is 0 Å². The number of carbonyl (C=O) groups excluding carboxylic acids is 1. The molecule has 2 amide bonds. The number of hydrogen-bond donors (Lipinski definition) is 3. The van der Waals surface area contributed by atoms with Crippen LogP contribution in [0.2, 0.25) is 5.02 Å². The van der Waals surface area contributed by atoms with Gasteiger partial charge in [0.15, 0.2) is 0 Å². The van der Waals surface area contributed by atoms with Crippen molar-refractivity contribution in [3.05, 3.63) is 58.6 Å². The number of aliphatic hydroxyl groups is 1. The van der Waals surface area contributed by atoms with Crippen molar-refractivity contribution in [1.29, 1.82) is 0 Å². The number of hydrogen-bond acceptors (Lipinski definition) is 3. The van der Waals surface area contributed by atoms with Crippen LogP contribution in [0, 0.1) is 0 Å². The molecule has 3 N–H and O–H groups in total. The summed E-state index contributed by atoms with van der Waals surface area (Å²) in [5.74, 6) is 0.515. The third kappa shape index (κ3) is 3.63. The molecule has 0 atom stereocenters. The Labute approximate surface area is 145 Å². The van der Waals surface area contributed by atoms with Crippen molar-refractivity contribution in [2.75, 3.05) is 19.0 Å². The van der Waals surface area contributed by atoms with Crippen LogP contribution in [-0.2, 0) is 12.8 Å². The summed E-state index contributed by atoms with van der Waals surface area (Å²) < 4.78 is 5.19. The number of ether oxygens (including phenoxy) is 1. The molecule has 0 aliphatic heterocycles. The summed E-state index contributed by atoms with van der Waals surface area (Å²) in [6.45, 7) is 0.163. The van der Waals surface area contributed by atoms with E-state index in [0.29, 0.717) is 29.3 Å². The molecule has 24 heavy (non-hydrogen) atoms. The first-order chi connectivity index (χ1) is 11.5. The highest BCUT2D eigenvalue weighted by Gasteiger charge is 2.35. The highest BCUT2D eigenvalue weighted by Crippen LogP contribution is 2.30. The predicted molar refractivity (Wildman–Crippen MR) is 93.8 cm³/mol. The number of fused-ring (bicyclic) bond motifs is 1. The molecule has 0 fully saturated rings. The zero-order valence-corrected chi connectivity index (χ0v) is 14.1. The van der Waals surface area contributed by atoms with Gasteiger partial charge < -0.3 is 20.5 Å². The average Bonchev–Trinajstić information content (AvgIpc) is 2.90. The van der Waals surface area contributed by atoms with E-state index in [0.717, 1.165) is 11.1 Å². The van der Waals surface area contributed by atoms with Crippen molar-refractivity contribution >= 4 is 23.3 Å². The Morgan fingerprint density at radius 3 is 2.54 bits per heavy atom. The third-order valence-corrected chi connectivity index (χ3v) is 4.38. The highest BCUT2D eigenvalue weighted by molar-refractivity contribution is 6.31. The van der Waals surface area contributed by atoms with Gasteiger partial charge in [-0.25, -0.2) is 4.79 Å². The van der Waals surface area contributed by atoms with Crippen molar-refractivity contribution in [2.45, 2.75) is 18.4 Å². The summed E-state index contributed by atoms with van der Waals surface area (Å²) in [5.41, 5.74) is 1.76. The highest BCUT2D eigenvalue weighted by atomic mass is 35.5. The minimum Gasteiger partial charge on any atom is -0.495 e. The molecule has 5 nitrogen and oxygen atoms in total. The minimum absolute atomic E-state index is 0.163. The molecule has 2 aromatic rings. The molecule has 0 aromatic heterocycles. The van der Waals surface area contributed by atoms with E-state index in [2.05, 4.69) is 10.6 Å². The van der Waals surface area contributed by atoms with E-state index in [1.54, 1.807) is 18.2 Å². The molecule has 2 aromatic carbocycles. The largest absolute Gasteiger partial charge is 0.495 e. The molecule has 126 valence electrons. The van der Waals surface area contributed by atoms with Gasteiger partial charge >= 0.3 is 6.03 Å². The number of urea groups is 1. The molecule has 1 aliphatic rings. The lowest BCUT2D eigenvalue weighted by Gasteiger charge is -2.23. The van der Waals surface area contributed by atoms with Gasteiger partial charge in [0, 0.05) is 24.4 Å². The normalized spacial score (nSPS) is 14.8. The van der Waals surface area contributed by atoms with E-state index in [1.165, 1.54) is 7.11 Å². The maximum Gasteiger partial charge on any atom is 0.319 e. The lowest BCUT2D eigenvalue weighted by molar-refractivity contribution is 0.0541. The van der Waals surface area contributed by atoms with Crippen molar-refractivity contribution in [2.24, 2.45) is 0 Å². The Balaban J connectivity index is 1.60. The molecule has 0 bridgehead atoms. The Hall–Kier alpha value is -2.24. The molecule has 0 radical (unpaired) electrons. The fraction of sp³-hybridized carbons (Fsp3) is 0.278. The van der Waals surface area contributed by atoms with Gasteiger partial charge in [0.25, 0.3) is 0 Å². The van der Waals surface area contributed by atoms with E-state index in [9.17, 15) is 9.90 Å². The Kier molecular flexibility index (Phi) is 4.64. The van der Waals surface area contributed by atoms with Gasteiger partial charge in [-0.2, -0.15) is 0 Å². The molecular weight excluding hydrogens is 328 g/mol. The zero-order valence-electron chi connectivity index (χ0n) is 13.3. The Morgan fingerprint density at radius 2 is 1.92 bits per heavy atom. The van der Waals surface area contributed by atoms with Gasteiger partial charge in [0.05, 0.1) is 18.4 Å². The fourth-order valence-corrected chi connectivity index (χ4v) is 3.16. The lowest BCUT2D eigenvalue weighted by atomic mass is 10.0. The van der Waals surface area contributed by atoms with E-state index >= 15 is 0 Å². The molecular formula is C18H19ClN2O3. The summed E-state index contributed by atoms with van der Waals surface area (Å²) in [5, 5.41) is 16.6. The monoisotopic (exact) mass is 346 g/mol. The second-order valence-electron chi connectivity index (χ2n) is 6.00. The predicted octanol–water partition coefficient (Wildman–Crippen LogP) is 3.00. The van der Waals surface area contributed by atoms with Crippen LogP contribution in [0.1, 0.15) is 11.1 Å². The second-order valence-corrected chi connectivity index (χ2v) is 6.44. The number of amides is 2. The molecule has 6 heteroatoms. The molecule has 0 saturated carbocycles. The van der Waals surface area contributed by atoms with Crippen molar-refractivity contribution in [3.8, 4) is 5.75 Å². The second kappa shape index (κ2) is 6.71. The van der Waals surface area contributed by atoms with Gasteiger partial charge in [-0.1, -0.05) is 35.9 Å². The molecule has 1 aliphatic carbocycles. The summed E-state index contributed by atoms with van der Waals surface area (Å²) >= 11 is 5.94. The maximum absolute atomic E-state index is 12.1. The number of benzene rings is 2. The maximum atomic E-state index is 12.1.